The Morgan fingerprint density at radius 3 is 3.08 bits per heavy atom. The molecule has 1 aromatic heterocycles. The lowest BCUT2D eigenvalue weighted by Crippen LogP contribution is -2.42. The number of nitrogens with one attached hydrogen (secondary N) is 1. The molecular formula is C19H20N4O3. The summed E-state index contributed by atoms with van der Waals surface area (Å²) < 4.78 is 13.3. The van der Waals surface area contributed by atoms with E-state index in [2.05, 4.69) is 16.5 Å². The number of benzene rings is 1. The molecule has 1 atom stereocenters. The fourth-order valence-corrected chi connectivity index (χ4v) is 3.28. The zero-order chi connectivity index (χ0) is 18.3. The van der Waals surface area contributed by atoms with Crippen molar-refractivity contribution < 1.29 is 14.3 Å². The van der Waals surface area contributed by atoms with Gasteiger partial charge in [0.1, 0.15) is 18.0 Å². The summed E-state index contributed by atoms with van der Waals surface area (Å²) in [4.78, 5) is 12.6. The number of hydrogen-bond donors (Lipinski definition) is 1. The minimum Gasteiger partial charge on any atom is -0.491 e. The molecular weight excluding hydrogens is 332 g/mol. The van der Waals surface area contributed by atoms with Crippen LogP contribution in [0.15, 0.2) is 24.3 Å². The van der Waals surface area contributed by atoms with Crippen LogP contribution in [0.3, 0.4) is 0 Å². The maximum absolute atomic E-state index is 12.6. The van der Waals surface area contributed by atoms with Gasteiger partial charge in [-0.3, -0.25) is 4.79 Å². The Morgan fingerprint density at radius 1 is 1.42 bits per heavy atom. The van der Waals surface area contributed by atoms with E-state index >= 15 is 0 Å². The molecule has 2 aliphatic heterocycles. The second-order valence-corrected chi connectivity index (χ2v) is 7.32. The third-order valence-electron chi connectivity index (χ3n) is 4.71. The molecule has 1 aromatic carbocycles. The van der Waals surface area contributed by atoms with E-state index < -0.39 is 0 Å². The molecule has 0 spiro atoms. The van der Waals surface area contributed by atoms with Crippen molar-refractivity contribution >= 4 is 5.91 Å². The molecule has 0 radical (unpaired) electrons. The van der Waals surface area contributed by atoms with Gasteiger partial charge in [-0.15, -0.1) is 0 Å². The molecule has 0 saturated heterocycles. The quantitative estimate of drug-likeness (QED) is 0.893. The molecule has 1 amide bonds. The smallest absolute Gasteiger partial charge is 0.272 e. The van der Waals surface area contributed by atoms with Gasteiger partial charge in [-0.2, -0.15) is 10.4 Å². The van der Waals surface area contributed by atoms with Crippen LogP contribution in [-0.4, -0.2) is 33.9 Å². The highest BCUT2D eigenvalue weighted by molar-refractivity contribution is 5.92. The van der Waals surface area contributed by atoms with Crippen LogP contribution in [0.4, 0.5) is 0 Å². The third kappa shape index (κ3) is 3.10. The first kappa shape index (κ1) is 16.5. The average Bonchev–Trinajstić information content (AvgIpc) is 3.03. The minimum atomic E-state index is -0.248. The Balaban J connectivity index is 1.46. The number of carbonyl (C=O) groups excluding carboxylic acids is 1. The van der Waals surface area contributed by atoms with Crippen LogP contribution in [0.1, 0.15) is 41.9 Å². The first-order chi connectivity index (χ1) is 12.4. The van der Waals surface area contributed by atoms with Crippen LogP contribution < -0.4 is 14.8 Å². The van der Waals surface area contributed by atoms with Gasteiger partial charge in [0.05, 0.1) is 17.7 Å². The zero-order valence-electron chi connectivity index (χ0n) is 14.8. The standard InChI is InChI=1S/C19H20N4O3/c1-19(2)5-6-23-17(26-19)9-15(22-23)18(24)21-14-8-13-7-12(10-20)3-4-16(13)25-11-14/h3-4,7,9,14H,5-6,8,11H2,1-2H3,(H,21,24). The number of carbonyl (C=O) groups is 1. The van der Waals surface area contributed by atoms with Crippen molar-refractivity contribution in [2.24, 2.45) is 0 Å². The lowest BCUT2D eigenvalue weighted by molar-refractivity contribution is 0.0535. The molecule has 1 unspecified atom stereocenters. The average molecular weight is 352 g/mol. The van der Waals surface area contributed by atoms with E-state index in [-0.39, 0.29) is 17.6 Å². The summed E-state index contributed by atoms with van der Waals surface area (Å²) in [5, 5.41) is 16.3. The Labute approximate surface area is 151 Å². The molecule has 3 heterocycles. The molecule has 7 nitrogen and oxygen atoms in total. The Bertz CT molecular complexity index is 910. The summed E-state index contributed by atoms with van der Waals surface area (Å²) >= 11 is 0. The van der Waals surface area contributed by atoms with Crippen molar-refractivity contribution in [2.75, 3.05) is 6.61 Å². The van der Waals surface area contributed by atoms with Crippen molar-refractivity contribution in [3.05, 3.63) is 41.1 Å². The molecule has 0 fully saturated rings. The first-order valence-corrected chi connectivity index (χ1v) is 8.67. The normalized spacial score (nSPS) is 20.0. The molecule has 0 bridgehead atoms. The van der Waals surface area contributed by atoms with Gasteiger partial charge in [-0.25, -0.2) is 4.68 Å². The summed E-state index contributed by atoms with van der Waals surface area (Å²) in [5.74, 6) is 1.14. The van der Waals surface area contributed by atoms with Crippen molar-refractivity contribution in [1.29, 1.82) is 5.26 Å². The predicted molar refractivity (Wildman–Crippen MR) is 93.2 cm³/mol. The fourth-order valence-electron chi connectivity index (χ4n) is 3.28. The van der Waals surface area contributed by atoms with E-state index in [1.165, 1.54) is 0 Å². The molecule has 1 N–H and O–H groups in total. The highest BCUT2D eigenvalue weighted by atomic mass is 16.5. The van der Waals surface area contributed by atoms with Crippen molar-refractivity contribution in [1.82, 2.24) is 15.1 Å². The van der Waals surface area contributed by atoms with Gasteiger partial charge in [-0.1, -0.05) is 0 Å². The second-order valence-electron chi connectivity index (χ2n) is 7.32. The van der Waals surface area contributed by atoms with E-state index in [1.807, 2.05) is 13.8 Å². The Hall–Kier alpha value is -3.01. The predicted octanol–water partition coefficient (Wildman–Crippen LogP) is 2.05. The van der Waals surface area contributed by atoms with Gasteiger partial charge in [-0.05, 0) is 44.0 Å². The van der Waals surface area contributed by atoms with Crippen molar-refractivity contribution in [3.8, 4) is 17.7 Å². The molecule has 0 aliphatic carbocycles. The van der Waals surface area contributed by atoms with E-state index in [0.717, 1.165) is 24.3 Å². The summed E-state index contributed by atoms with van der Waals surface area (Å²) in [6.45, 7) is 5.17. The largest absolute Gasteiger partial charge is 0.491 e. The van der Waals surface area contributed by atoms with Crippen LogP contribution in [0.2, 0.25) is 0 Å². The van der Waals surface area contributed by atoms with E-state index in [4.69, 9.17) is 14.7 Å². The Morgan fingerprint density at radius 2 is 2.27 bits per heavy atom. The van der Waals surface area contributed by atoms with Gasteiger partial charge in [0, 0.05) is 19.0 Å². The lowest BCUT2D eigenvalue weighted by Gasteiger charge is -2.30. The van der Waals surface area contributed by atoms with Crippen LogP contribution in [-0.2, 0) is 13.0 Å². The fraction of sp³-hybridized carbons (Fsp3) is 0.421. The monoisotopic (exact) mass is 352 g/mol. The number of amides is 1. The second kappa shape index (κ2) is 6.06. The topological polar surface area (TPSA) is 89.2 Å². The highest BCUT2D eigenvalue weighted by Gasteiger charge is 2.30. The van der Waals surface area contributed by atoms with Crippen LogP contribution in [0.5, 0.6) is 11.6 Å². The molecule has 134 valence electrons. The summed E-state index contributed by atoms with van der Waals surface area (Å²) in [6, 6.07) is 8.97. The molecule has 7 heteroatoms. The molecule has 26 heavy (non-hydrogen) atoms. The number of aryl methyl sites for hydroxylation is 1. The van der Waals surface area contributed by atoms with Gasteiger partial charge in [0.25, 0.3) is 5.91 Å². The molecule has 2 aliphatic rings. The lowest BCUT2D eigenvalue weighted by atomic mass is 10.0. The summed E-state index contributed by atoms with van der Waals surface area (Å²) in [5.41, 5.74) is 1.60. The van der Waals surface area contributed by atoms with Crippen LogP contribution >= 0.6 is 0 Å². The highest BCUT2D eigenvalue weighted by Crippen LogP contribution is 2.29. The number of ether oxygens (including phenoxy) is 2. The van der Waals surface area contributed by atoms with Gasteiger partial charge >= 0.3 is 0 Å². The maximum atomic E-state index is 12.6. The van der Waals surface area contributed by atoms with Crippen molar-refractivity contribution in [2.45, 2.75) is 44.9 Å². The Kier molecular flexibility index (Phi) is 3.83. The number of rotatable bonds is 2. The molecule has 0 saturated carbocycles. The van der Waals surface area contributed by atoms with Gasteiger partial charge < -0.3 is 14.8 Å². The van der Waals surface area contributed by atoms with Gasteiger partial charge in [0.15, 0.2) is 5.69 Å². The van der Waals surface area contributed by atoms with Crippen LogP contribution in [0, 0.1) is 11.3 Å². The number of fused-ring (bicyclic) bond motifs is 2. The molecule has 4 rings (SSSR count). The maximum Gasteiger partial charge on any atom is 0.272 e. The van der Waals surface area contributed by atoms with Gasteiger partial charge in [0.2, 0.25) is 5.88 Å². The van der Waals surface area contributed by atoms with E-state index in [9.17, 15) is 4.79 Å². The number of nitrogens with zero attached hydrogens (tertiary/aromatic N) is 3. The zero-order valence-corrected chi connectivity index (χ0v) is 14.8. The minimum absolute atomic E-state index is 0.167. The third-order valence-corrected chi connectivity index (χ3v) is 4.71. The van der Waals surface area contributed by atoms with E-state index in [1.54, 1.807) is 28.9 Å². The first-order valence-electron chi connectivity index (χ1n) is 8.67. The summed E-state index contributed by atoms with van der Waals surface area (Å²) in [6.07, 6.45) is 1.46. The van der Waals surface area contributed by atoms with Crippen molar-refractivity contribution in [3.63, 3.8) is 0 Å². The van der Waals surface area contributed by atoms with Crippen LogP contribution in [0.25, 0.3) is 0 Å². The van der Waals surface area contributed by atoms with E-state index in [0.29, 0.717) is 30.2 Å². The SMILES string of the molecule is CC1(C)CCn2nc(C(=O)NC3COc4ccc(C#N)cc4C3)cc2O1. The number of nitriles is 1. The molecule has 2 aromatic rings. The number of hydrogen-bond acceptors (Lipinski definition) is 5. The number of aromatic nitrogens is 2. The summed E-state index contributed by atoms with van der Waals surface area (Å²) in [7, 11) is 0.